The van der Waals surface area contributed by atoms with Gasteiger partial charge in [0.1, 0.15) is 0 Å². The molecule has 0 bridgehead atoms. The van der Waals surface area contributed by atoms with Crippen molar-refractivity contribution in [3.8, 4) is 0 Å². The number of aromatic nitrogens is 3. The van der Waals surface area contributed by atoms with Crippen molar-refractivity contribution in [2.24, 2.45) is 0 Å². The fourth-order valence-corrected chi connectivity index (χ4v) is 2.81. The van der Waals surface area contributed by atoms with E-state index in [1.165, 1.54) is 5.69 Å². The second-order valence-corrected chi connectivity index (χ2v) is 5.47. The Morgan fingerprint density at radius 3 is 2.75 bits per heavy atom. The van der Waals surface area contributed by atoms with E-state index in [9.17, 15) is 0 Å². The minimum atomic E-state index is 0.900. The van der Waals surface area contributed by atoms with Crippen LogP contribution >= 0.6 is 11.8 Å². The Hall–Kier alpha value is -2.01. The molecule has 102 valence electrons. The number of para-hydroxylation sites is 1. The summed E-state index contributed by atoms with van der Waals surface area (Å²) in [5.41, 5.74) is 2.07. The van der Waals surface area contributed by atoms with Crippen LogP contribution in [-0.2, 0) is 0 Å². The summed E-state index contributed by atoms with van der Waals surface area (Å²) in [6.45, 7) is 0.966. The van der Waals surface area contributed by atoms with E-state index in [0.29, 0.717) is 0 Å². The molecule has 0 aliphatic carbocycles. The highest BCUT2D eigenvalue weighted by Crippen LogP contribution is 2.17. The highest BCUT2D eigenvalue weighted by atomic mass is 32.2. The fourth-order valence-electron chi connectivity index (χ4n) is 1.94. The molecule has 0 radical (unpaired) electrons. The first-order valence-electron chi connectivity index (χ1n) is 6.65. The van der Waals surface area contributed by atoms with Crippen LogP contribution in [0.2, 0.25) is 0 Å². The van der Waals surface area contributed by atoms with Crippen LogP contribution in [0.25, 0.3) is 5.65 Å². The SMILES string of the molecule is c1ccc(NCCCSc2nnc3ccccn23)cc1. The van der Waals surface area contributed by atoms with Gasteiger partial charge in [0, 0.05) is 24.2 Å². The minimum absolute atomic E-state index is 0.900. The second-order valence-electron chi connectivity index (χ2n) is 4.41. The number of pyridine rings is 1. The molecule has 0 fully saturated rings. The van der Waals surface area contributed by atoms with Crippen LogP contribution in [0.15, 0.2) is 59.9 Å². The average molecular weight is 284 g/mol. The van der Waals surface area contributed by atoms with Gasteiger partial charge in [-0.1, -0.05) is 36.0 Å². The van der Waals surface area contributed by atoms with Crippen molar-refractivity contribution in [3.63, 3.8) is 0 Å². The Balaban J connectivity index is 1.46. The number of nitrogens with zero attached hydrogens (tertiary/aromatic N) is 3. The summed E-state index contributed by atoms with van der Waals surface area (Å²) < 4.78 is 2.02. The zero-order chi connectivity index (χ0) is 13.6. The van der Waals surface area contributed by atoms with E-state index in [2.05, 4.69) is 27.6 Å². The van der Waals surface area contributed by atoms with Gasteiger partial charge in [0.05, 0.1) is 0 Å². The van der Waals surface area contributed by atoms with Crippen LogP contribution in [0.1, 0.15) is 6.42 Å². The molecular formula is C15H16N4S. The summed E-state index contributed by atoms with van der Waals surface area (Å²) in [4.78, 5) is 0. The van der Waals surface area contributed by atoms with Crippen molar-refractivity contribution in [2.75, 3.05) is 17.6 Å². The first-order valence-corrected chi connectivity index (χ1v) is 7.63. The molecular weight excluding hydrogens is 268 g/mol. The van der Waals surface area contributed by atoms with Gasteiger partial charge in [0.2, 0.25) is 0 Å². The third-order valence-electron chi connectivity index (χ3n) is 2.94. The second kappa shape index (κ2) is 6.43. The molecule has 0 atom stereocenters. The van der Waals surface area contributed by atoms with Crippen LogP contribution in [-0.4, -0.2) is 26.9 Å². The van der Waals surface area contributed by atoms with Crippen LogP contribution in [0.5, 0.6) is 0 Å². The number of fused-ring (bicyclic) bond motifs is 1. The van der Waals surface area contributed by atoms with Crippen LogP contribution < -0.4 is 5.32 Å². The molecule has 4 nitrogen and oxygen atoms in total. The predicted molar refractivity (Wildman–Crippen MR) is 83.3 cm³/mol. The largest absolute Gasteiger partial charge is 0.385 e. The highest BCUT2D eigenvalue weighted by Gasteiger charge is 2.04. The van der Waals surface area contributed by atoms with E-state index in [1.807, 2.05) is 47.0 Å². The monoisotopic (exact) mass is 284 g/mol. The van der Waals surface area contributed by atoms with Crippen molar-refractivity contribution in [2.45, 2.75) is 11.6 Å². The number of hydrogen-bond acceptors (Lipinski definition) is 4. The molecule has 2 heterocycles. The predicted octanol–water partition coefficient (Wildman–Crippen LogP) is 3.32. The number of rotatable bonds is 6. The zero-order valence-corrected chi connectivity index (χ0v) is 11.9. The topological polar surface area (TPSA) is 42.2 Å². The molecule has 0 saturated carbocycles. The molecule has 1 aromatic carbocycles. The lowest BCUT2D eigenvalue weighted by Gasteiger charge is -2.05. The molecule has 5 heteroatoms. The van der Waals surface area contributed by atoms with Crippen LogP contribution in [0.3, 0.4) is 0 Å². The molecule has 20 heavy (non-hydrogen) atoms. The molecule has 0 unspecified atom stereocenters. The Morgan fingerprint density at radius 2 is 1.85 bits per heavy atom. The van der Waals surface area contributed by atoms with E-state index >= 15 is 0 Å². The molecule has 0 saturated heterocycles. The maximum atomic E-state index is 4.21. The van der Waals surface area contributed by atoms with Gasteiger partial charge in [-0.3, -0.25) is 4.40 Å². The molecule has 2 aromatic heterocycles. The molecule has 3 rings (SSSR count). The van der Waals surface area contributed by atoms with E-state index < -0.39 is 0 Å². The number of thioether (sulfide) groups is 1. The maximum absolute atomic E-state index is 4.21. The zero-order valence-electron chi connectivity index (χ0n) is 11.1. The van der Waals surface area contributed by atoms with Crippen molar-refractivity contribution in [3.05, 3.63) is 54.7 Å². The van der Waals surface area contributed by atoms with E-state index in [4.69, 9.17) is 0 Å². The first-order chi connectivity index (χ1) is 9.93. The van der Waals surface area contributed by atoms with Crippen molar-refractivity contribution in [1.29, 1.82) is 0 Å². The van der Waals surface area contributed by atoms with Gasteiger partial charge in [0.25, 0.3) is 0 Å². The smallest absolute Gasteiger partial charge is 0.195 e. The molecule has 0 amide bonds. The number of nitrogens with one attached hydrogen (secondary N) is 1. The fraction of sp³-hybridized carbons (Fsp3) is 0.200. The molecule has 0 spiro atoms. The lowest BCUT2D eigenvalue weighted by atomic mass is 10.3. The number of anilines is 1. The Kier molecular flexibility index (Phi) is 4.18. The third-order valence-corrected chi connectivity index (χ3v) is 3.97. The number of hydrogen-bond donors (Lipinski definition) is 1. The third kappa shape index (κ3) is 3.11. The average Bonchev–Trinajstić information content (AvgIpc) is 2.91. The van der Waals surface area contributed by atoms with Gasteiger partial charge < -0.3 is 5.32 Å². The van der Waals surface area contributed by atoms with Gasteiger partial charge in [-0.15, -0.1) is 10.2 Å². The summed E-state index contributed by atoms with van der Waals surface area (Å²) in [5, 5.41) is 12.7. The molecule has 0 aliphatic heterocycles. The van der Waals surface area contributed by atoms with Crippen molar-refractivity contribution >= 4 is 23.1 Å². The first kappa shape index (κ1) is 13.0. The summed E-state index contributed by atoms with van der Waals surface area (Å²) in [6, 6.07) is 16.2. The van der Waals surface area contributed by atoms with Crippen LogP contribution in [0, 0.1) is 0 Å². The number of benzene rings is 1. The van der Waals surface area contributed by atoms with Crippen molar-refractivity contribution in [1.82, 2.24) is 14.6 Å². The lowest BCUT2D eigenvalue weighted by molar-refractivity contribution is 0.913. The van der Waals surface area contributed by atoms with Crippen LogP contribution in [0.4, 0.5) is 5.69 Å². The van der Waals surface area contributed by atoms with E-state index in [1.54, 1.807) is 11.8 Å². The minimum Gasteiger partial charge on any atom is -0.385 e. The summed E-state index contributed by atoms with van der Waals surface area (Å²) >= 11 is 1.74. The van der Waals surface area contributed by atoms with Gasteiger partial charge in [-0.2, -0.15) is 0 Å². The molecule has 1 N–H and O–H groups in total. The maximum Gasteiger partial charge on any atom is 0.195 e. The van der Waals surface area contributed by atoms with E-state index in [-0.39, 0.29) is 0 Å². The summed E-state index contributed by atoms with van der Waals surface area (Å²) in [7, 11) is 0. The molecule has 0 aliphatic rings. The summed E-state index contributed by atoms with van der Waals surface area (Å²) in [5.74, 6) is 1.02. The van der Waals surface area contributed by atoms with Crippen molar-refractivity contribution < 1.29 is 0 Å². The van der Waals surface area contributed by atoms with Gasteiger partial charge >= 0.3 is 0 Å². The van der Waals surface area contributed by atoms with Gasteiger partial charge in [0.15, 0.2) is 10.8 Å². The normalized spacial score (nSPS) is 10.8. The lowest BCUT2D eigenvalue weighted by Crippen LogP contribution is -2.02. The Morgan fingerprint density at radius 1 is 1.00 bits per heavy atom. The summed E-state index contributed by atoms with van der Waals surface area (Å²) in [6.07, 6.45) is 3.08. The quantitative estimate of drug-likeness (QED) is 0.557. The van der Waals surface area contributed by atoms with Gasteiger partial charge in [-0.25, -0.2) is 0 Å². The standard InChI is InChI=1S/C15H16N4S/c1-2-7-13(8-3-1)16-10-6-12-20-15-18-17-14-9-4-5-11-19(14)15/h1-5,7-9,11,16H,6,10,12H2. The van der Waals surface area contributed by atoms with E-state index in [0.717, 1.165) is 29.5 Å². The Labute approximate surface area is 122 Å². The van der Waals surface area contributed by atoms with Gasteiger partial charge in [-0.05, 0) is 30.7 Å². The Bertz CT molecular complexity index is 666. The highest BCUT2D eigenvalue weighted by molar-refractivity contribution is 7.99. The molecule has 3 aromatic rings.